The first-order valence-corrected chi connectivity index (χ1v) is 11.9. The molecule has 0 saturated carbocycles. The number of nitrogens with zero attached hydrogens (tertiary/aromatic N) is 3. The van der Waals surface area contributed by atoms with Gasteiger partial charge in [-0.15, -0.1) is 0 Å². The predicted octanol–water partition coefficient (Wildman–Crippen LogP) is 1.84. The van der Waals surface area contributed by atoms with E-state index >= 15 is 0 Å². The molecule has 2 aliphatic heterocycles. The van der Waals surface area contributed by atoms with Crippen molar-refractivity contribution < 1.29 is 22.8 Å². The molecule has 32 heavy (non-hydrogen) atoms. The fourth-order valence-corrected chi connectivity index (χ4v) is 5.55. The monoisotopic (exact) mass is 455 g/mol. The van der Waals surface area contributed by atoms with Gasteiger partial charge in [0.2, 0.25) is 15.9 Å². The molecule has 2 heterocycles. The van der Waals surface area contributed by atoms with Crippen LogP contribution >= 0.6 is 0 Å². The lowest BCUT2D eigenvalue weighted by Gasteiger charge is -2.36. The summed E-state index contributed by atoms with van der Waals surface area (Å²) in [4.78, 5) is 40.4. The quantitative estimate of drug-likeness (QED) is 0.504. The Bertz CT molecular complexity index is 1150. The number of imide groups is 1. The van der Waals surface area contributed by atoms with E-state index in [-0.39, 0.29) is 42.0 Å². The van der Waals surface area contributed by atoms with Crippen molar-refractivity contribution in [1.29, 1.82) is 0 Å². The van der Waals surface area contributed by atoms with Crippen molar-refractivity contribution in [3.8, 4) is 0 Å². The Morgan fingerprint density at radius 1 is 0.906 bits per heavy atom. The number of aryl methyl sites for hydroxylation is 1. The molecule has 0 unspecified atom stereocenters. The number of rotatable bonds is 5. The summed E-state index contributed by atoms with van der Waals surface area (Å²) in [5, 5.41) is 0. The Balaban J connectivity index is 1.44. The molecule has 8 nitrogen and oxygen atoms in total. The van der Waals surface area contributed by atoms with E-state index in [0.717, 1.165) is 10.5 Å². The zero-order chi connectivity index (χ0) is 23.0. The number of Topliss-reactive ketones (excluding diaryl/α,β-unsaturated/α-hetero) is 1. The highest BCUT2D eigenvalue weighted by Gasteiger charge is 2.44. The zero-order valence-corrected chi connectivity index (χ0v) is 18.8. The standard InChI is InChI=1S/C23H25N3O5S/c1-16-3-9-20(10-4-16)32(30,31)25-13-11-24(12-14-25)21-15-22(28)26(23(21)29)19-7-5-18(6-8-19)17(2)27/h3-10,21H,11-15H2,1-2H3/t21-/m1/s1. The van der Waals surface area contributed by atoms with Gasteiger partial charge in [-0.05, 0) is 50.2 Å². The van der Waals surface area contributed by atoms with E-state index in [0.29, 0.717) is 24.3 Å². The number of hydrogen-bond acceptors (Lipinski definition) is 6. The van der Waals surface area contributed by atoms with E-state index in [4.69, 9.17) is 0 Å². The zero-order valence-electron chi connectivity index (χ0n) is 18.0. The van der Waals surface area contributed by atoms with Crippen LogP contribution in [0.4, 0.5) is 5.69 Å². The maximum absolute atomic E-state index is 13.0. The van der Waals surface area contributed by atoms with Crippen molar-refractivity contribution in [3.05, 3.63) is 59.7 Å². The maximum atomic E-state index is 13.0. The Labute approximate surface area is 187 Å². The van der Waals surface area contributed by atoms with Crippen molar-refractivity contribution >= 4 is 33.3 Å². The van der Waals surface area contributed by atoms with Gasteiger partial charge in [-0.3, -0.25) is 19.3 Å². The van der Waals surface area contributed by atoms with Gasteiger partial charge in [-0.25, -0.2) is 13.3 Å². The summed E-state index contributed by atoms with van der Waals surface area (Å²) < 4.78 is 27.2. The Hall–Kier alpha value is -2.88. The minimum atomic E-state index is -3.60. The molecule has 0 spiro atoms. The van der Waals surface area contributed by atoms with Crippen LogP contribution in [0.3, 0.4) is 0 Å². The second-order valence-corrected chi connectivity index (χ2v) is 10.1. The van der Waals surface area contributed by atoms with E-state index in [1.807, 2.05) is 11.8 Å². The molecule has 2 saturated heterocycles. The third kappa shape index (κ3) is 4.11. The molecule has 2 aromatic carbocycles. The predicted molar refractivity (Wildman–Crippen MR) is 119 cm³/mol. The van der Waals surface area contributed by atoms with Gasteiger partial charge in [0.15, 0.2) is 5.78 Å². The molecule has 168 valence electrons. The van der Waals surface area contributed by atoms with Gasteiger partial charge in [0.25, 0.3) is 5.91 Å². The van der Waals surface area contributed by atoms with Gasteiger partial charge in [0.05, 0.1) is 23.0 Å². The Morgan fingerprint density at radius 2 is 1.50 bits per heavy atom. The topological polar surface area (TPSA) is 95.1 Å². The molecule has 2 aromatic rings. The van der Waals surface area contributed by atoms with E-state index in [1.54, 1.807) is 48.5 Å². The van der Waals surface area contributed by atoms with Crippen molar-refractivity contribution in [2.24, 2.45) is 0 Å². The molecular weight excluding hydrogens is 430 g/mol. The van der Waals surface area contributed by atoms with Gasteiger partial charge < -0.3 is 0 Å². The highest BCUT2D eigenvalue weighted by molar-refractivity contribution is 7.89. The van der Waals surface area contributed by atoms with Gasteiger partial charge in [-0.2, -0.15) is 4.31 Å². The van der Waals surface area contributed by atoms with E-state index in [9.17, 15) is 22.8 Å². The number of anilines is 1. The minimum absolute atomic E-state index is 0.0536. The maximum Gasteiger partial charge on any atom is 0.251 e. The molecule has 4 rings (SSSR count). The number of sulfonamides is 1. The highest BCUT2D eigenvalue weighted by Crippen LogP contribution is 2.27. The van der Waals surface area contributed by atoms with Crippen LogP contribution in [0.15, 0.2) is 53.4 Å². The van der Waals surface area contributed by atoms with Crippen molar-refractivity contribution in [3.63, 3.8) is 0 Å². The number of benzene rings is 2. The lowest BCUT2D eigenvalue weighted by Crippen LogP contribution is -2.53. The number of piperazine rings is 1. The fraction of sp³-hybridized carbons (Fsp3) is 0.348. The van der Waals surface area contributed by atoms with Gasteiger partial charge in [0.1, 0.15) is 0 Å². The average Bonchev–Trinajstić information content (AvgIpc) is 3.08. The van der Waals surface area contributed by atoms with Crippen LogP contribution in [0.2, 0.25) is 0 Å². The molecule has 2 fully saturated rings. The van der Waals surface area contributed by atoms with E-state index in [2.05, 4.69) is 0 Å². The summed E-state index contributed by atoms with van der Waals surface area (Å²) in [7, 11) is -3.60. The van der Waals surface area contributed by atoms with Crippen LogP contribution in [0.25, 0.3) is 0 Å². The second-order valence-electron chi connectivity index (χ2n) is 8.14. The van der Waals surface area contributed by atoms with E-state index in [1.165, 1.54) is 11.2 Å². The first-order chi connectivity index (χ1) is 15.2. The normalized spacial score (nSPS) is 20.7. The summed E-state index contributed by atoms with van der Waals surface area (Å²) in [6.45, 7) is 4.59. The number of hydrogen-bond donors (Lipinski definition) is 0. The molecular formula is C23H25N3O5S. The second kappa shape index (κ2) is 8.57. The third-order valence-electron chi connectivity index (χ3n) is 6.03. The van der Waals surface area contributed by atoms with Crippen LogP contribution in [0.1, 0.15) is 29.3 Å². The van der Waals surface area contributed by atoms with Crippen LogP contribution in [0, 0.1) is 6.92 Å². The van der Waals surface area contributed by atoms with Crippen LogP contribution in [-0.4, -0.2) is 67.4 Å². The van der Waals surface area contributed by atoms with Crippen LogP contribution < -0.4 is 4.90 Å². The third-order valence-corrected chi connectivity index (χ3v) is 7.94. The lowest BCUT2D eigenvalue weighted by molar-refractivity contribution is -0.123. The number of ketones is 1. The highest BCUT2D eigenvalue weighted by atomic mass is 32.2. The number of carbonyl (C=O) groups is 3. The first-order valence-electron chi connectivity index (χ1n) is 10.5. The number of amides is 2. The molecule has 2 aliphatic rings. The summed E-state index contributed by atoms with van der Waals surface area (Å²) in [6.07, 6.45) is 0.0536. The molecule has 2 amide bonds. The molecule has 0 N–H and O–H groups in total. The van der Waals surface area contributed by atoms with Crippen molar-refractivity contribution in [2.75, 3.05) is 31.1 Å². The lowest BCUT2D eigenvalue weighted by atomic mass is 10.1. The molecule has 0 aromatic heterocycles. The van der Waals surface area contributed by atoms with Crippen molar-refractivity contribution in [2.45, 2.75) is 31.2 Å². The van der Waals surface area contributed by atoms with Gasteiger partial charge in [0, 0.05) is 31.7 Å². The van der Waals surface area contributed by atoms with Gasteiger partial charge >= 0.3 is 0 Å². The van der Waals surface area contributed by atoms with Crippen LogP contribution in [-0.2, 0) is 19.6 Å². The Kier molecular flexibility index (Phi) is 5.98. The summed E-state index contributed by atoms with van der Waals surface area (Å²) in [5.74, 6) is -0.710. The largest absolute Gasteiger partial charge is 0.295 e. The smallest absolute Gasteiger partial charge is 0.251 e. The summed E-state index contributed by atoms with van der Waals surface area (Å²) in [5.41, 5.74) is 1.93. The summed E-state index contributed by atoms with van der Waals surface area (Å²) >= 11 is 0. The first kappa shape index (κ1) is 22.3. The van der Waals surface area contributed by atoms with Crippen molar-refractivity contribution in [1.82, 2.24) is 9.21 Å². The molecule has 0 radical (unpaired) electrons. The van der Waals surface area contributed by atoms with E-state index < -0.39 is 16.1 Å². The fourth-order valence-electron chi connectivity index (χ4n) is 4.13. The molecule has 0 bridgehead atoms. The molecule has 0 aliphatic carbocycles. The summed E-state index contributed by atoms with van der Waals surface area (Å²) in [6, 6.07) is 12.5. The average molecular weight is 456 g/mol. The Morgan fingerprint density at radius 3 is 2.06 bits per heavy atom. The molecule has 1 atom stereocenters. The van der Waals surface area contributed by atoms with Crippen LogP contribution in [0.5, 0.6) is 0 Å². The number of carbonyl (C=O) groups excluding carboxylic acids is 3. The van der Waals surface area contributed by atoms with Gasteiger partial charge in [-0.1, -0.05) is 17.7 Å². The SMILES string of the molecule is CC(=O)c1ccc(N2C(=O)C[C@@H](N3CCN(S(=O)(=O)c4ccc(C)cc4)CC3)C2=O)cc1. The minimum Gasteiger partial charge on any atom is -0.295 e. The molecule has 9 heteroatoms.